The van der Waals surface area contributed by atoms with Crippen molar-refractivity contribution in [2.75, 3.05) is 26.8 Å². The Hall–Kier alpha value is -1.14. The molecule has 2 aliphatic heterocycles. The number of carboxylic acid groups (broad SMARTS) is 1. The van der Waals surface area contributed by atoms with E-state index in [4.69, 9.17) is 14.6 Å². The minimum absolute atomic E-state index is 0.120. The van der Waals surface area contributed by atoms with E-state index in [0.717, 1.165) is 13.0 Å². The molecule has 0 radical (unpaired) electrons. The molecule has 0 aromatic carbocycles. The summed E-state index contributed by atoms with van der Waals surface area (Å²) in [4.78, 5) is 24.5. The number of hydrogen-bond acceptors (Lipinski definition) is 4. The Kier molecular flexibility index (Phi) is 4.19. The molecule has 6 heteroatoms. The minimum Gasteiger partial charge on any atom is -0.479 e. The maximum atomic E-state index is 12.1. The van der Waals surface area contributed by atoms with Gasteiger partial charge in [-0.3, -0.25) is 4.79 Å². The minimum atomic E-state index is -0.989. The average Bonchev–Trinajstić information content (AvgIpc) is 2.98. The van der Waals surface area contributed by atoms with Crippen LogP contribution in [0.2, 0.25) is 0 Å². The number of rotatable bonds is 4. The summed E-state index contributed by atoms with van der Waals surface area (Å²) in [5, 5.41) is 8.81. The van der Waals surface area contributed by atoms with Crippen molar-refractivity contribution in [1.82, 2.24) is 4.90 Å². The van der Waals surface area contributed by atoms with Crippen LogP contribution >= 0.6 is 0 Å². The first-order valence-corrected chi connectivity index (χ1v) is 6.29. The first kappa shape index (κ1) is 13.3. The van der Waals surface area contributed by atoms with Gasteiger partial charge in [0.1, 0.15) is 6.10 Å². The Morgan fingerprint density at radius 1 is 1.28 bits per heavy atom. The quantitative estimate of drug-likeness (QED) is 0.773. The first-order chi connectivity index (χ1) is 8.58. The molecule has 6 nitrogen and oxygen atoms in total. The van der Waals surface area contributed by atoms with Crippen molar-refractivity contribution in [1.29, 1.82) is 0 Å². The van der Waals surface area contributed by atoms with Crippen molar-refractivity contribution in [2.24, 2.45) is 5.92 Å². The highest BCUT2D eigenvalue weighted by Gasteiger charge is 2.36. The predicted octanol–water partition coefficient (Wildman–Crippen LogP) is 0.114. The fourth-order valence-corrected chi connectivity index (χ4v) is 2.45. The lowest BCUT2D eigenvalue weighted by atomic mass is 10.1. The second-order valence-electron chi connectivity index (χ2n) is 4.98. The Morgan fingerprint density at radius 2 is 2.00 bits per heavy atom. The molecule has 3 atom stereocenters. The molecule has 0 aliphatic carbocycles. The van der Waals surface area contributed by atoms with Crippen LogP contribution < -0.4 is 0 Å². The largest absolute Gasteiger partial charge is 0.479 e. The lowest BCUT2D eigenvalue weighted by molar-refractivity contribution is -0.154. The van der Waals surface area contributed by atoms with E-state index in [2.05, 4.69) is 0 Å². The lowest BCUT2D eigenvalue weighted by Gasteiger charge is -2.23. The maximum Gasteiger partial charge on any atom is 0.332 e. The molecule has 2 fully saturated rings. The molecule has 2 rings (SSSR count). The zero-order chi connectivity index (χ0) is 13.1. The molecule has 1 amide bonds. The van der Waals surface area contributed by atoms with Gasteiger partial charge >= 0.3 is 5.97 Å². The van der Waals surface area contributed by atoms with Crippen molar-refractivity contribution in [2.45, 2.75) is 31.5 Å². The van der Waals surface area contributed by atoms with E-state index < -0.39 is 18.2 Å². The standard InChI is InChI=1S/C12H19NO5/c1-13(6-8-4-5-17-7-8)11(14)9-2-3-10(18-9)12(15)16/h8-10H,2-7H2,1H3,(H,15,16)/t8?,9-,10+/m0/s1. The van der Waals surface area contributed by atoms with Crippen LogP contribution in [0.5, 0.6) is 0 Å². The molecular formula is C12H19NO5. The zero-order valence-corrected chi connectivity index (χ0v) is 10.5. The molecular weight excluding hydrogens is 238 g/mol. The van der Waals surface area contributed by atoms with Crippen LogP contribution in [0.15, 0.2) is 0 Å². The summed E-state index contributed by atoms with van der Waals surface area (Å²) in [5.74, 6) is -0.724. The third-order valence-corrected chi connectivity index (χ3v) is 3.50. The number of likely N-dealkylation sites (N-methyl/N-ethyl adjacent to an activating group) is 1. The van der Waals surface area contributed by atoms with E-state index in [1.165, 1.54) is 0 Å². The van der Waals surface area contributed by atoms with Gasteiger partial charge in [-0.25, -0.2) is 4.79 Å². The van der Waals surface area contributed by atoms with Gasteiger partial charge in [-0.05, 0) is 19.3 Å². The monoisotopic (exact) mass is 257 g/mol. The highest BCUT2D eigenvalue weighted by molar-refractivity contribution is 5.82. The van der Waals surface area contributed by atoms with Gasteiger partial charge in [-0.1, -0.05) is 0 Å². The van der Waals surface area contributed by atoms with E-state index >= 15 is 0 Å². The van der Waals surface area contributed by atoms with Gasteiger partial charge in [0.05, 0.1) is 6.61 Å². The molecule has 0 aromatic heterocycles. The van der Waals surface area contributed by atoms with Crippen molar-refractivity contribution < 1.29 is 24.2 Å². The summed E-state index contributed by atoms with van der Waals surface area (Å²) in [6, 6.07) is 0. The van der Waals surface area contributed by atoms with Crippen molar-refractivity contribution in [3.8, 4) is 0 Å². The highest BCUT2D eigenvalue weighted by Crippen LogP contribution is 2.22. The Labute approximate surface area is 106 Å². The van der Waals surface area contributed by atoms with E-state index in [9.17, 15) is 9.59 Å². The third-order valence-electron chi connectivity index (χ3n) is 3.50. The van der Waals surface area contributed by atoms with Crippen molar-refractivity contribution in [3.63, 3.8) is 0 Å². The fraction of sp³-hybridized carbons (Fsp3) is 0.833. The van der Waals surface area contributed by atoms with Crippen LogP contribution in [-0.2, 0) is 19.1 Å². The molecule has 2 aliphatic rings. The van der Waals surface area contributed by atoms with Gasteiger partial charge in [0.15, 0.2) is 6.10 Å². The molecule has 0 saturated carbocycles. The predicted molar refractivity (Wildman–Crippen MR) is 62.1 cm³/mol. The van der Waals surface area contributed by atoms with Crippen LogP contribution in [0.1, 0.15) is 19.3 Å². The number of aliphatic carboxylic acids is 1. The van der Waals surface area contributed by atoms with Crippen molar-refractivity contribution >= 4 is 11.9 Å². The lowest BCUT2D eigenvalue weighted by Crippen LogP contribution is -2.39. The van der Waals surface area contributed by atoms with E-state index in [-0.39, 0.29) is 5.91 Å². The number of carbonyl (C=O) groups excluding carboxylic acids is 1. The van der Waals surface area contributed by atoms with Crippen LogP contribution in [0.25, 0.3) is 0 Å². The van der Waals surface area contributed by atoms with E-state index in [1.807, 2.05) is 0 Å². The van der Waals surface area contributed by atoms with Crippen LogP contribution in [-0.4, -0.2) is 60.9 Å². The van der Waals surface area contributed by atoms with E-state index in [0.29, 0.717) is 31.9 Å². The van der Waals surface area contributed by atoms with Gasteiger partial charge < -0.3 is 19.5 Å². The molecule has 0 bridgehead atoms. The molecule has 1 unspecified atom stereocenters. The highest BCUT2D eigenvalue weighted by atomic mass is 16.5. The number of hydrogen-bond donors (Lipinski definition) is 1. The van der Waals surface area contributed by atoms with Gasteiger partial charge in [0.25, 0.3) is 5.91 Å². The zero-order valence-electron chi connectivity index (χ0n) is 10.5. The normalized spacial score (nSPS) is 31.5. The number of carboxylic acids is 1. The van der Waals surface area contributed by atoms with Gasteiger partial charge in [0, 0.05) is 26.1 Å². The Bertz CT molecular complexity index is 326. The number of ether oxygens (including phenoxy) is 2. The van der Waals surface area contributed by atoms with Crippen LogP contribution in [0.4, 0.5) is 0 Å². The molecule has 18 heavy (non-hydrogen) atoms. The summed E-state index contributed by atoms with van der Waals surface area (Å²) in [7, 11) is 1.73. The number of amides is 1. The molecule has 102 valence electrons. The molecule has 1 N–H and O–H groups in total. The SMILES string of the molecule is CN(CC1CCOC1)C(=O)[C@@H]1CC[C@H](C(=O)O)O1. The molecule has 0 spiro atoms. The molecule has 2 saturated heterocycles. The average molecular weight is 257 g/mol. The van der Waals surface area contributed by atoms with Gasteiger partial charge in [-0.15, -0.1) is 0 Å². The van der Waals surface area contributed by atoms with Crippen LogP contribution in [0.3, 0.4) is 0 Å². The van der Waals surface area contributed by atoms with Gasteiger partial charge in [-0.2, -0.15) is 0 Å². The topological polar surface area (TPSA) is 76.1 Å². The summed E-state index contributed by atoms with van der Waals surface area (Å²) in [5.41, 5.74) is 0. The van der Waals surface area contributed by atoms with Crippen molar-refractivity contribution in [3.05, 3.63) is 0 Å². The smallest absolute Gasteiger partial charge is 0.332 e. The summed E-state index contributed by atoms with van der Waals surface area (Å²) in [6.45, 7) is 2.10. The Balaban J connectivity index is 1.81. The second-order valence-corrected chi connectivity index (χ2v) is 4.98. The Morgan fingerprint density at radius 3 is 2.56 bits per heavy atom. The molecule has 2 heterocycles. The van der Waals surface area contributed by atoms with Gasteiger partial charge in [0.2, 0.25) is 0 Å². The second kappa shape index (κ2) is 5.67. The maximum absolute atomic E-state index is 12.1. The fourth-order valence-electron chi connectivity index (χ4n) is 2.45. The van der Waals surface area contributed by atoms with Crippen LogP contribution in [0, 0.1) is 5.92 Å². The summed E-state index contributed by atoms with van der Waals surface area (Å²) in [6.07, 6.45) is 0.439. The van der Waals surface area contributed by atoms with E-state index in [1.54, 1.807) is 11.9 Å². The first-order valence-electron chi connectivity index (χ1n) is 6.29. The summed E-state index contributed by atoms with van der Waals surface area (Å²) >= 11 is 0. The number of carbonyl (C=O) groups is 2. The molecule has 0 aromatic rings. The third kappa shape index (κ3) is 3.00. The summed E-state index contributed by atoms with van der Waals surface area (Å²) < 4.78 is 10.5. The number of nitrogens with zero attached hydrogens (tertiary/aromatic N) is 1.